The number of nitrogens with one attached hydrogen (secondary N) is 1. The van der Waals surface area contributed by atoms with Crippen molar-refractivity contribution in [2.45, 2.75) is 56.5 Å². The highest BCUT2D eigenvalue weighted by Gasteiger charge is 2.30. The molecule has 7 nitrogen and oxygen atoms in total. The number of benzene rings is 1. The molecule has 3 heterocycles. The minimum Gasteiger partial charge on any atom is -0.490 e. The number of carbonyl (C=O) groups is 1. The standard InChI is InChI=1S/C24H27N5O2/c25-21-12-18(31-17-3-4-17)5-6-19(21)24(30)29-9-7-15(8-10-29)22-20-11-16(14-1-2-14)13-26-23(20)28-27-22/h5-6,11-15,17H,1-4,7-10,25H2,(H,26,27,28). The maximum absolute atomic E-state index is 13.1. The fourth-order valence-corrected chi connectivity index (χ4v) is 4.60. The van der Waals surface area contributed by atoms with E-state index < -0.39 is 0 Å². The Morgan fingerprint density at radius 3 is 2.58 bits per heavy atom. The summed E-state index contributed by atoms with van der Waals surface area (Å²) >= 11 is 0. The summed E-state index contributed by atoms with van der Waals surface area (Å²) in [7, 11) is 0. The van der Waals surface area contributed by atoms with E-state index in [0.717, 1.165) is 48.2 Å². The summed E-state index contributed by atoms with van der Waals surface area (Å²) < 4.78 is 5.78. The van der Waals surface area contributed by atoms with Crippen molar-refractivity contribution in [1.29, 1.82) is 0 Å². The number of fused-ring (bicyclic) bond motifs is 1. The highest BCUT2D eigenvalue weighted by molar-refractivity contribution is 5.99. The van der Waals surface area contributed by atoms with E-state index in [1.54, 1.807) is 12.1 Å². The second-order valence-corrected chi connectivity index (χ2v) is 9.18. The van der Waals surface area contributed by atoms with Crippen molar-refractivity contribution in [3.63, 3.8) is 0 Å². The molecule has 3 fully saturated rings. The van der Waals surface area contributed by atoms with Crippen molar-refractivity contribution in [3.8, 4) is 5.75 Å². The third-order valence-electron chi connectivity index (χ3n) is 6.77. The number of hydrogen-bond donors (Lipinski definition) is 2. The van der Waals surface area contributed by atoms with E-state index in [-0.39, 0.29) is 5.91 Å². The predicted molar refractivity (Wildman–Crippen MR) is 118 cm³/mol. The number of amides is 1. The van der Waals surface area contributed by atoms with Crippen LogP contribution in [0.15, 0.2) is 30.5 Å². The zero-order valence-corrected chi connectivity index (χ0v) is 17.5. The summed E-state index contributed by atoms with van der Waals surface area (Å²) in [6.07, 6.45) is 8.79. The molecule has 160 valence electrons. The van der Waals surface area contributed by atoms with Crippen LogP contribution in [0, 0.1) is 0 Å². The molecule has 1 amide bonds. The van der Waals surface area contributed by atoms with Gasteiger partial charge in [-0.25, -0.2) is 4.98 Å². The number of nitrogens with two attached hydrogens (primary N) is 1. The Labute approximate surface area is 181 Å². The molecular weight excluding hydrogens is 390 g/mol. The van der Waals surface area contributed by atoms with Crippen LogP contribution in [0.5, 0.6) is 5.75 Å². The van der Waals surface area contributed by atoms with Crippen LogP contribution < -0.4 is 10.5 Å². The van der Waals surface area contributed by atoms with Crippen LogP contribution in [-0.2, 0) is 0 Å². The van der Waals surface area contributed by atoms with E-state index in [1.807, 2.05) is 17.2 Å². The number of ether oxygens (including phenoxy) is 1. The molecule has 1 aliphatic heterocycles. The summed E-state index contributed by atoms with van der Waals surface area (Å²) in [5.41, 5.74) is 10.5. The lowest BCUT2D eigenvalue weighted by atomic mass is 9.91. The van der Waals surface area contributed by atoms with Crippen LogP contribution in [0.3, 0.4) is 0 Å². The first kappa shape index (κ1) is 18.7. The van der Waals surface area contributed by atoms with Crippen LogP contribution in [0.25, 0.3) is 11.0 Å². The lowest BCUT2D eigenvalue weighted by molar-refractivity contribution is 0.0713. The quantitative estimate of drug-likeness (QED) is 0.612. The molecule has 0 bridgehead atoms. The molecule has 3 aliphatic rings. The lowest BCUT2D eigenvalue weighted by Gasteiger charge is -2.31. The molecule has 1 aromatic carbocycles. The summed E-state index contributed by atoms with van der Waals surface area (Å²) in [4.78, 5) is 19.6. The number of anilines is 1. The van der Waals surface area contributed by atoms with E-state index in [2.05, 4.69) is 21.2 Å². The Morgan fingerprint density at radius 1 is 1.06 bits per heavy atom. The van der Waals surface area contributed by atoms with Crippen molar-refractivity contribution in [2.24, 2.45) is 0 Å². The lowest BCUT2D eigenvalue weighted by Crippen LogP contribution is -2.38. The fraction of sp³-hybridized carbons (Fsp3) is 0.458. The number of carbonyl (C=O) groups excluding carboxylic acids is 1. The Balaban J connectivity index is 1.15. The Hall–Kier alpha value is -3.09. The molecule has 0 atom stereocenters. The van der Waals surface area contributed by atoms with Crippen LogP contribution in [-0.4, -0.2) is 45.2 Å². The first-order chi connectivity index (χ1) is 15.2. The first-order valence-corrected chi connectivity index (χ1v) is 11.3. The van der Waals surface area contributed by atoms with Gasteiger partial charge >= 0.3 is 0 Å². The van der Waals surface area contributed by atoms with Crippen molar-refractivity contribution < 1.29 is 9.53 Å². The Morgan fingerprint density at radius 2 is 1.87 bits per heavy atom. The minimum atomic E-state index is -0.00139. The van der Waals surface area contributed by atoms with Gasteiger partial charge in [-0.3, -0.25) is 9.89 Å². The SMILES string of the molecule is Nc1cc(OC2CC2)ccc1C(=O)N1CCC(c2n[nH]c3ncc(C4CC4)cc23)CC1. The molecule has 2 saturated carbocycles. The number of nitrogens with zero attached hydrogens (tertiary/aromatic N) is 3. The molecule has 31 heavy (non-hydrogen) atoms. The molecule has 0 radical (unpaired) electrons. The average molecular weight is 418 g/mol. The second kappa shape index (κ2) is 7.25. The number of hydrogen-bond acceptors (Lipinski definition) is 5. The molecule has 3 aromatic rings. The maximum Gasteiger partial charge on any atom is 0.255 e. The van der Waals surface area contributed by atoms with E-state index in [4.69, 9.17) is 10.5 Å². The van der Waals surface area contributed by atoms with Gasteiger partial charge in [0.2, 0.25) is 0 Å². The normalized spacial score (nSPS) is 19.7. The number of nitrogen functional groups attached to an aromatic ring is 1. The largest absolute Gasteiger partial charge is 0.490 e. The van der Waals surface area contributed by atoms with Crippen molar-refractivity contribution in [2.75, 3.05) is 18.8 Å². The predicted octanol–water partition coefficient (Wildman–Crippen LogP) is 3.98. The van der Waals surface area contributed by atoms with Gasteiger partial charge in [0.15, 0.2) is 5.65 Å². The van der Waals surface area contributed by atoms with E-state index in [1.165, 1.54) is 18.4 Å². The van der Waals surface area contributed by atoms with Crippen LogP contribution in [0.1, 0.15) is 72.0 Å². The molecule has 2 aliphatic carbocycles. The summed E-state index contributed by atoms with van der Waals surface area (Å²) in [6, 6.07) is 7.70. The van der Waals surface area contributed by atoms with Gasteiger partial charge in [-0.05, 0) is 68.2 Å². The molecule has 2 aromatic heterocycles. The highest BCUT2D eigenvalue weighted by atomic mass is 16.5. The number of aromatic amines is 1. The summed E-state index contributed by atoms with van der Waals surface area (Å²) in [5.74, 6) is 1.75. The van der Waals surface area contributed by atoms with Gasteiger partial charge in [0.1, 0.15) is 5.75 Å². The maximum atomic E-state index is 13.1. The number of piperidine rings is 1. The molecule has 0 unspecified atom stereocenters. The number of pyridine rings is 1. The second-order valence-electron chi connectivity index (χ2n) is 9.18. The average Bonchev–Trinajstić information content (AvgIpc) is 3.72. The van der Waals surface area contributed by atoms with Crippen LogP contribution in [0.2, 0.25) is 0 Å². The van der Waals surface area contributed by atoms with Gasteiger partial charge in [-0.1, -0.05) is 0 Å². The van der Waals surface area contributed by atoms with Crippen LogP contribution >= 0.6 is 0 Å². The van der Waals surface area contributed by atoms with Crippen molar-refractivity contribution in [3.05, 3.63) is 47.3 Å². The van der Waals surface area contributed by atoms with Crippen molar-refractivity contribution >= 4 is 22.6 Å². The molecular formula is C24H27N5O2. The summed E-state index contributed by atoms with van der Waals surface area (Å²) in [5, 5.41) is 8.83. The third-order valence-corrected chi connectivity index (χ3v) is 6.77. The topological polar surface area (TPSA) is 97.1 Å². The molecule has 0 spiro atoms. The molecule has 7 heteroatoms. The fourth-order valence-electron chi connectivity index (χ4n) is 4.60. The molecule has 6 rings (SSSR count). The van der Waals surface area contributed by atoms with Gasteiger partial charge in [-0.15, -0.1) is 0 Å². The third kappa shape index (κ3) is 3.62. The number of aromatic nitrogens is 3. The van der Waals surface area contributed by atoms with Gasteiger partial charge in [0.25, 0.3) is 5.91 Å². The monoisotopic (exact) mass is 417 g/mol. The summed E-state index contributed by atoms with van der Waals surface area (Å²) in [6.45, 7) is 1.40. The minimum absolute atomic E-state index is 0.00139. The number of rotatable bonds is 5. The molecule has 1 saturated heterocycles. The van der Waals surface area contributed by atoms with E-state index in [0.29, 0.717) is 42.3 Å². The van der Waals surface area contributed by atoms with E-state index >= 15 is 0 Å². The van der Waals surface area contributed by atoms with Gasteiger partial charge in [0.05, 0.1) is 17.4 Å². The van der Waals surface area contributed by atoms with Crippen LogP contribution in [0.4, 0.5) is 5.69 Å². The highest BCUT2D eigenvalue weighted by Crippen LogP contribution is 2.41. The first-order valence-electron chi connectivity index (χ1n) is 11.3. The van der Waals surface area contributed by atoms with Crippen molar-refractivity contribution in [1.82, 2.24) is 20.1 Å². The smallest absolute Gasteiger partial charge is 0.255 e. The molecule has 3 N–H and O–H groups in total. The zero-order valence-electron chi connectivity index (χ0n) is 17.5. The Bertz CT molecular complexity index is 1140. The Kier molecular flexibility index (Phi) is 4.37. The number of H-pyrrole nitrogens is 1. The zero-order chi connectivity index (χ0) is 20.9. The van der Waals surface area contributed by atoms with Gasteiger partial charge in [-0.2, -0.15) is 5.10 Å². The van der Waals surface area contributed by atoms with Gasteiger partial charge < -0.3 is 15.4 Å². The van der Waals surface area contributed by atoms with E-state index in [9.17, 15) is 4.79 Å². The number of likely N-dealkylation sites (tertiary alicyclic amines) is 1. The van der Waals surface area contributed by atoms with Gasteiger partial charge in [0, 0.05) is 42.3 Å².